The summed E-state index contributed by atoms with van der Waals surface area (Å²) < 4.78 is 46.1. The molecule has 0 aliphatic heterocycles. The molecule has 27 heavy (non-hydrogen) atoms. The molecular weight excluding hydrogens is 349 g/mol. The van der Waals surface area contributed by atoms with Gasteiger partial charge in [0.2, 0.25) is 5.82 Å². The zero-order valence-corrected chi connectivity index (χ0v) is 16.2. The third-order valence-corrected chi connectivity index (χ3v) is 6.57. The molecule has 2 fully saturated rings. The van der Waals surface area contributed by atoms with E-state index in [1.54, 1.807) is 25.1 Å². The highest BCUT2D eigenvalue weighted by atomic mass is 19.2. The van der Waals surface area contributed by atoms with Gasteiger partial charge in [0.25, 0.3) is 0 Å². The van der Waals surface area contributed by atoms with Crippen LogP contribution >= 0.6 is 0 Å². The third-order valence-electron chi connectivity index (χ3n) is 6.57. The van der Waals surface area contributed by atoms with Crippen LogP contribution in [0.25, 0.3) is 0 Å². The summed E-state index contributed by atoms with van der Waals surface area (Å²) in [6, 6.07) is 3.27. The maximum absolute atomic E-state index is 14.5. The minimum Gasteiger partial charge on any atom is -0.491 e. The van der Waals surface area contributed by atoms with Crippen molar-refractivity contribution in [3.63, 3.8) is 0 Å². The van der Waals surface area contributed by atoms with Gasteiger partial charge < -0.3 is 4.74 Å². The van der Waals surface area contributed by atoms with Crippen molar-refractivity contribution in [1.29, 1.82) is 0 Å². The number of hydrogen-bond donors (Lipinski definition) is 0. The molecule has 2 aliphatic rings. The number of benzene rings is 1. The van der Waals surface area contributed by atoms with E-state index in [1.807, 2.05) is 6.08 Å². The first kappa shape index (κ1) is 20.3. The summed E-state index contributed by atoms with van der Waals surface area (Å²) in [6.45, 7) is 1.72. The molecule has 0 heterocycles. The average Bonchev–Trinajstić information content (AvgIpc) is 2.71. The van der Waals surface area contributed by atoms with E-state index in [2.05, 4.69) is 0 Å². The van der Waals surface area contributed by atoms with Gasteiger partial charge in [-0.15, -0.1) is 0 Å². The first-order valence-corrected chi connectivity index (χ1v) is 10.5. The van der Waals surface area contributed by atoms with Gasteiger partial charge in [-0.1, -0.05) is 18.2 Å². The van der Waals surface area contributed by atoms with Crippen molar-refractivity contribution < 1.29 is 17.9 Å². The molecule has 0 unspecified atom stereocenters. The van der Waals surface area contributed by atoms with E-state index < -0.39 is 11.6 Å². The molecule has 2 saturated carbocycles. The van der Waals surface area contributed by atoms with Gasteiger partial charge in [0.15, 0.2) is 11.6 Å². The molecule has 0 atom stereocenters. The maximum atomic E-state index is 14.5. The van der Waals surface area contributed by atoms with E-state index in [1.165, 1.54) is 12.8 Å². The van der Waals surface area contributed by atoms with Gasteiger partial charge >= 0.3 is 0 Å². The van der Waals surface area contributed by atoms with Gasteiger partial charge in [0.1, 0.15) is 6.67 Å². The standard InChI is InChI=1S/C23H31F3O/c1-2-27-21-14-13-20(22(25)23(21)26)19-11-9-18(10-12-19)17-7-5-16(6-8-17)4-3-15-24/h3-4,13-14,16-19H,2,5-12,15H2,1H3. The molecule has 0 bridgehead atoms. The van der Waals surface area contributed by atoms with Crippen molar-refractivity contribution in [2.45, 2.75) is 64.2 Å². The number of hydrogen-bond acceptors (Lipinski definition) is 1. The summed E-state index contributed by atoms with van der Waals surface area (Å²) in [5, 5.41) is 0. The minimum atomic E-state index is -0.851. The zero-order valence-electron chi connectivity index (χ0n) is 16.2. The SMILES string of the molecule is CCOc1ccc(C2CCC(C3CCC(C=CCF)CC3)CC2)c(F)c1F. The normalized spacial score (nSPS) is 29.2. The van der Waals surface area contributed by atoms with Crippen LogP contribution in [0.3, 0.4) is 0 Å². The molecule has 0 spiro atoms. The lowest BCUT2D eigenvalue weighted by Gasteiger charge is -2.37. The van der Waals surface area contributed by atoms with E-state index >= 15 is 0 Å². The molecule has 1 aromatic rings. The molecule has 0 aromatic heterocycles. The van der Waals surface area contributed by atoms with Crippen LogP contribution in [0.5, 0.6) is 5.75 Å². The number of ether oxygens (including phenoxy) is 1. The fraction of sp³-hybridized carbons (Fsp3) is 0.652. The topological polar surface area (TPSA) is 9.23 Å². The Labute approximate surface area is 161 Å². The molecule has 3 rings (SSSR count). The lowest BCUT2D eigenvalue weighted by molar-refractivity contribution is 0.170. The Balaban J connectivity index is 1.54. The number of halogens is 3. The Bertz CT molecular complexity index is 627. The summed E-state index contributed by atoms with van der Waals surface area (Å²) in [6.07, 6.45) is 12.4. The Morgan fingerprint density at radius 3 is 2.15 bits per heavy atom. The second-order valence-electron chi connectivity index (χ2n) is 8.08. The lowest BCUT2D eigenvalue weighted by atomic mass is 9.68. The van der Waals surface area contributed by atoms with E-state index in [-0.39, 0.29) is 18.3 Å². The second-order valence-corrected chi connectivity index (χ2v) is 8.08. The van der Waals surface area contributed by atoms with Crippen molar-refractivity contribution in [3.05, 3.63) is 41.5 Å². The van der Waals surface area contributed by atoms with Crippen LogP contribution in [0.4, 0.5) is 13.2 Å². The van der Waals surface area contributed by atoms with Crippen molar-refractivity contribution in [1.82, 2.24) is 0 Å². The smallest absolute Gasteiger partial charge is 0.200 e. The highest BCUT2D eigenvalue weighted by molar-refractivity contribution is 5.33. The van der Waals surface area contributed by atoms with Gasteiger partial charge in [-0.05, 0) is 93.6 Å². The number of rotatable bonds is 6. The zero-order chi connectivity index (χ0) is 19.2. The van der Waals surface area contributed by atoms with Crippen molar-refractivity contribution in [3.8, 4) is 5.75 Å². The van der Waals surface area contributed by atoms with Gasteiger partial charge in [0.05, 0.1) is 6.61 Å². The quantitative estimate of drug-likeness (QED) is 0.484. The fourth-order valence-corrected chi connectivity index (χ4v) is 5.08. The van der Waals surface area contributed by atoms with Crippen LogP contribution in [0.1, 0.15) is 69.8 Å². The Morgan fingerprint density at radius 1 is 0.926 bits per heavy atom. The van der Waals surface area contributed by atoms with Crippen LogP contribution in [0.15, 0.2) is 24.3 Å². The van der Waals surface area contributed by atoms with Crippen LogP contribution in [0.2, 0.25) is 0 Å². The average molecular weight is 380 g/mol. The summed E-state index contributed by atoms with van der Waals surface area (Å²) in [7, 11) is 0. The van der Waals surface area contributed by atoms with Crippen LogP contribution in [-0.4, -0.2) is 13.3 Å². The van der Waals surface area contributed by atoms with Gasteiger partial charge in [-0.25, -0.2) is 8.78 Å². The summed E-state index contributed by atoms with van der Waals surface area (Å²) in [5.74, 6) is 0.502. The monoisotopic (exact) mass is 380 g/mol. The number of alkyl halides is 1. The Kier molecular flexibility index (Phi) is 7.26. The molecule has 0 radical (unpaired) electrons. The predicted octanol–water partition coefficient (Wildman–Crippen LogP) is 6.97. The Hall–Kier alpha value is -1.45. The van der Waals surface area contributed by atoms with Crippen LogP contribution < -0.4 is 4.74 Å². The Morgan fingerprint density at radius 2 is 1.56 bits per heavy atom. The van der Waals surface area contributed by atoms with E-state index in [9.17, 15) is 13.2 Å². The highest BCUT2D eigenvalue weighted by Gasteiger charge is 2.32. The highest BCUT2D eigenvalue weighted by Crippen LogP contribution is 2.45. The van der Waals surface area contributed by atoms with Gasteiger partial charge in [-0.3, -0.25) is 0 Å². The largest absolute Gasteiger partial charge is 0.491 e. The van der Waals surface area contributed by atoms with E-state index in [0.717, 1.165) is 44.4 Å². The predicted molar refractivity (Wildman–Crippen MR) is 103 cm³/mol. The molecule has 0 N–H and O–H groups in total. The summed E-state index contributed by atoms with van der Waals surface area (Å²) in [4.78, 5) is 0. The van der Waals surface area contributed by atoms with E-state index in [0.29, 0.717) is 24.0 Å². The van der Waals surface area contributed by atoms with Crippen molar-refractivity contribution >= 4 is 0 Å². The molecule has 2 aliphatic carbocycles. The van der Waals surface area contributed by atoms with Crippen molar-refractivity contribution in [2.75, 3.05) is 13.3 Å². The summed E-state index contributed by atoms with van der Waals surface area (Å²) in [5.41, 5.74) is 0.509. The third kappa shape index (κ3) is 4.89. The minimum absolute atomic E-state index is 0.00556. The molecule has 0 saturated heterocycles. The molecule has 4 heteroatoms. The molecular formula is C23H31F3O. The maximum Gasteiger partial charge on any atom is 0.200 e. The van der Waals surface area contributed by atoms with Crippen LogP contribution in [-0.2, 0) is 0 Å². The van der Waals surface area contributed by atoms with Gasteiger partial charge in [-0.2, -0.15) is 4.39 Å². The first-order chi connectivity index (χ1) is 13.1. The van der Waals surface area contributed by atoms with Crippen LogP contribution in [0, 0.1) is 29.4 Å². The lowest BCUT2D eigenvalue weighted by Crippen LogP contribution is -2.25. The van der Waals surface area contributed by atoms with Gasteiger partial charge in [0, 0.05) is 0 Å². The fourth-order valence-electron chi connectivity index (χ4n) is 5.08. The molecule has 1 nitrogen and oxygen atoms in total. The molecule has 150 valence electrons. The second kappa shape index (κ2) is 9.66. The van der Waals surface area contributed by atoms with E-state index in [4.69, 9.17) is 4.74 Å². The number of allylic oxidation sites excluding steroid dienone is 2. The molecule has 1 aromatic carbocycles. The summed E-state index contributed by atoms with van der Waals surface area (Å²) >= 11 is 0. The first-order valence-electron chi connectivity index (χ1n) is 10.5. The molecule has 0 amide bonds. The van der Waals surface area contributed by atoms with Crippen molar-refractivity contribution in [2.24, 2.45) is 17.8 Å².